The van der Waals surface area contributed by atoms with Gasteiger partial charge in [0.1, 0.15) is 6.07 Å². The van der Waals surface area contributed by atoms with Crippen molar-refractivity contribution in [3.63, 3.8) is 0 Å². The van der Waals surface area contributed by atoms with Gasteiger partial charge in [0.25, 0.3) is 0 Å². The van der Waals surface area contributed by atoms with Gasteiger partial charge >= 0.3 is 0 Å². The molecule has 0 aliphatic rings. The summed E-state index contributed by atoms with van der Waals surface area (Å²) < 4.78 is 29.1. The van der Waals surface area contributed by atoms with Crippen LogP contribution in [0.25, 0.3) is 0 Å². The molecule has 2 aromatic rings. The van der Waals surface area contributed by atoms with E-state index in [4.69, 9.17) is 16.9 Å². The summed E-state index contributed by atoms with van der Waals surface area (Å²) >= 11 is 5.90. The van der Waals surface area contributed by atoms with E-state index in [2.05, 4.69) is 9.82 Å². The third-order valence-electron chi connectivity index (χ3n) is 3.58. The lowest BCUT2D eigenvalue weighted by Gasteiger charge is -2.14. The van der Waals surface area contributed by atoms with Crippen LogP contribution in [-0.2, 0) is 16.6 Å². The minimum atomic E-state index is -3.67. The van der Waals surface area contributed by atoms with E-state index >= 15 is 0 Å². The normalized spacial score (nSPS) is 12.8. The lowest BCUT2D eigenvalue weighted by molar-refractivity contribution is 0.436. The van der Waals surface area contributed by atoms with E-state index in [-0.39, 0.29) is 27.9 Å². The maximum absolute atomic E-state index is 12.3. The van der Waals surface area contributed by atoms with Crippen LogP contribution in [-0.4, -0.2) is 24.7 Å². The van der Waals surface area contributed by atoms with E-state index in [1.54, 1.807) is 0 Å². The van der Waals surface area contributed by atoms with Gasteiger partial charge in [-0.3, -0.25) is 4.68 Å². The van der Waals surface area contributed by atoms with Crippen LogP contribution < -0.4 is 4.72 Å². The number of nitrogens with zero attached hydrogens (tertiary/aromatic N) is 3. The van der Waals surface area contributed by atoms with Crippen molar-refractivity contribution < 1.29 is 8.42 Å². The molecule has 128 valence electrons. The Hall–Kier alpha value is -1.88. The van der Waals surface area contributed by atoms with Crippen molar-refractivity contribution in [3.8, 4) is 6.07 Å². The molecule has 2 rings (SSSR count). The molecule has 24 heavy (non-hydrogen) atoms. The average molecular weight is 367 g/mol. The van der Waals surface area contributed by atoms with Gasteiger partial charge < -0.3 is 0 Å². The van der Waals surface area contributed by atoms with Crippen molar-refractivity contribution >= 4 is 21.6 Å². The van der Waals surface area contributed by atoms with E-state index < -0.39 is 10.0 Å². The maximum Gasteiger partial charge on any atom is 0.240 e. The number of sulfonamides is 1. The molecule has 0 radical (unpaired) electrons. The molecule has 6 nitrogen and oxygen atoms in total. The smallest absolute Gasteiger partial charge is 0.240 e. The monoisotopic (exact) mass is 366 g/mol. The molecular weight excluding hydrogens is 348 g/mol. The summed E-state index contributed by atoms with van der Waals surface area (Å²) in [6.07, 6.45) is 0. The standard InChI is InChI=1S/C16H19ClN4O2S/c1-11(10-21-13(3)6-12(2)20-21)9-19-24(22,23)15-5-4-14(8-18)16(17)7-15/h4-7,11,19H,9-10H2,1-3H3. The highest BCUT2D eigenvalue weighted by atomic mass is 35.5. The van der Waals surface area contributed by atoms with Gasteiger partial charge in [0.15, 0.2) is 0 Å². The lowest BCUT2D eigenvalue weighted by Crippen LogP contribution is -2.30. The van der Waals surface area contributed by atoms with Crippen LogP contribution in [0.15, 0.2) is 29.2 Å². The van der Waals surface area contributed by atoms with E-state index in [0.717, 1.165) is 11.4 Å². The van der Waals surface area contributed by atoms with Crippen LogP contribution in [0.1, 0.15) is 23.9 Å². The van der Waals surface area contributed by atoms with Crippen LogP contribution >= 0.6 is 11.6 Å². The van der Waals surface area contributed by atoms with Crippen molar-refractivity contribution in [3.05, 3.63) is 46.2 Å². The molecule has 0 amide bonds. The van der Waals surface area contributed by atoms with E-state index in [1.165, 1.54) is 18.2 Å². The number of nitriles is 1. The fourth-order valence-corrected chi connectivity index (χ4v) is 3.79. The van der Waals surface area contributed by atoms with Gasteiger partial charge in [-0.1, -0.05) is 18.5 Å². The van der Waals surface area contributed by atoms with Crippen molar-refractivity contribution in [2.45, 2.75) is 32.2 Å². The molecule has 1 atom stereocenters. The summed E-state index contributed by atoms with van der Waals surface area (Å²) in [6.45, 7) is 6.74. The molecule has 0 saturated heterocycles. The molecule has 0 fully saturated rings. The first-order valence-corrected chi connectivity index (χ1v) is 9.29. The van der Waals surface area contributed by atoms with Gasteiger partial charge in [0, 0.05) is 18.8 Å². The Morgan fingerprint density at radius 2 is 2.08 bits per heavy atom. The van der Waals surface area contributed by atoms with Crippen molar-refractivity contribution in [2.75, 3.05) is 6.54 Å². The first-order valence-electron chi connectivity index (χ1n) is 7.43. The minimum absolute atomic E-state index is 0.0461. The quantitative estimate of drug-likeness (QED) is 0.851. The highest BCUT2D eigenvalue weighted by molar-refractivity contribution is 7.89. The molecule has 0 bridgehead atoms. The number of rotatable bonds is 6. The van der Waals surface area contributed by atoms with Crippen molar-refractivity contribution in [1.82, 2.24) is 14.5 Å². The Morgan fingerprint density at radius 1 is 1.38 bits per heavy atom. The molecule has 1 heterocycles. The second kappa shape index (κ2) is 7.34. The van der Waals surface area contributed by atoms with Crippen LogP contribution in [0.2, 0.25) is 5.02 Å². The predicted octanol–water partition coefficient (Wildman–Crippen LogP) is 2.64. The Balaban J connectivity index is 2.03. The lowest BCUT2D eigenvalue weighted by atomic mass is 10.2. The summed E-state index contributed by atoms with van der Waals surface area (Å²) in [5.74, 6) is 0.0617. The molecule has 1 unspecified atom stereocenters. The van der Waals surface area contributed by atoms with Gasteiger partial charge in [-0.15, -0.1) is 0 Å². The fourth-order valence-electron chi connectivity index (χ4n) is 2.31. The molecule has 0 saturated carbocycles. The SMILES string of the molecule is Cc1cc(C)n(CC(C)CNS(=O)(=O)c2ccc(C#N)c(Cl)c2)n1. The zero-order valence-electron chi connectivity index (χ0n) is 13.7. The number of halogens is 1. The number of benzene rings is 1. The summed E-state index contributed by atoms with van der Waals surface area (Å²) in [6, 6.07) is 7.94. The maximum atomic E-state index is 12.3. The number of hydrogen-bond acceptors (Lipinski definition) is 4. The van der Waals surface area contributed by atoms with Crippen LogP contribution in [0.3, 0.4) is 0 Å². The summed E-state index contributed by atoms with van der Waals surface area (Å²) in [5.41, 5.74) is 2.22. The third-order valence-corrected chi connectivity index (χ3v) is 5.32. The topological polar surface area (TPSA) is 87.8 Å². The summed E-state index contributed by atoms with van der Waals surface area (Å²) in [5, 5.41) is 13.3. The molecule has 8 heteroatoms. The Labute approximate surface area is 147 Å². The molecule has 0 spiro atoms. The molecule has 1 aromatic carbocycles. The number of hydrogen-bond donors (Lipinski definition) is 1. The van der Waals surface area contributed by atoms with E-state index in [1.807, 2.05) is 37.6 Å². The highest BCUT2D eigenvalue weighted by Crippen LogP contribution is 2.20. The highest BCUT2D eigenvalue weighted by Gasteiger charge is 2.17. The van der Waals surface area contributed by atoms with Gasteiger partial charge in [-0.2, -0.15) is 10.4 Å². The zero-order chi connectivity index (χ0) is 17.9. The van der Waals surface area contributed by atoms with Gasteiger partial charge in [-0.05, 0) is 44.0 Å². The molecule has 1 aromatic heterocycles. The summed E-state index contributed by atoms with van der Waals surface area (Å²) in [4.78, 5) is 0.0461. The first kappa shape index (κ1) is 18.5. The molecular formula is C16H19ClN4O2S. The second-order valence-electron chi connectivity index (χ2n) is 5.82. The van der Waals surface area contributed by atoms with E-state index in [9.17, 15) is 8.42 Å². The Bertz CT molecular complexity index is 884. The Morgan fingerprint density at radius 3 is 2.62 bits per heavy atom. The first-order chi connectivity index (χ1) is 11.2. The molecule has 1 N–H and O–H groups in total. The third kappa shape index (κ3) is 4.35. The number of nitrogens with one attached hydrogen (secondary N) is 1. The van der Waals surface area contributed by atoms with Crippen molar-refractivity contribution in [2.24, 2.45) is 5.92 Å². The van der Waals surface area contributed by atoms with Crippen LogP contribution in [0, 0.1) is 31.1 Å². The Kier molecular flexibility index (Phi) is 5.65. The molecule has 0 aliphatic carbocycles. The summed E-state index contributed by atoms with van der Waals surface area (Å²) in [7, 11) is -3.67. The number of aromatic nitrogens is 2. The van der Waals surface area contributed by atoms with Crippen molar-refractivity contribution in [1.29, 1.82) is 5.26 Å². The fraction of sp³-hybridized carbons (Fsp3) is 0.375. The average Bonchev–Trinajstić information content (AvgIpc) is 2.83. The van der Waals surface area contributed by atoms with Gasteiger partial charge in [-0.25, -0.2) is 13.1 Å². The molecule has 0 aliphatic heterocycles. The zero-order valence-corrected chi connectivity index (χ0v) is 15.3. The van der Waals surface area contributed by atoms with E-state index in [0.29, 0.717) is 6.54 Å². The second-order valence-corrected chi connectivity index (χ2v) is 7.99. The minimum Gasteiger partial charge on any atom is -0.269 e. The largest absolute Gasteiger partial charge is 0.269 e. The van der Waals surface area contributed by atoms with Crippen LogP contribution in [0.5, 0.6) is 0 Å². The van der Waals surface area contributed by atoms with Gasteiger partial charge in [0.2, 0.25) is 10.0 Å². The predicted molar refractivity (Wildman–Crippen MR) is 92.2 cm³/mol. The van der Waals surface area contributed by atoms with Crippen LogP contribution in [0.4, 0.5) is 0 Å². The van der Waals surface area contributed by atoms with Gasteiger partial charge in [0.05, 0.1) is 21.2 Å². The number of aryl methyl sites for hydroxylation is 2.